The van der Waals surface area contributed by atoms with Crippen LogP contribution in [-0.4, -0.2) is 79.3 Å². The van der Waals surface area contributed by atoms with Crippen LogP contribution in [0.15, 0.2) is 34.9 Å². The van der Waals surface area contributed by atoms with Gasteiger partial charge in [-0.3, -0.25) is 14.5 Å². The molecule has 1 saturated heterocycles. The molecule has 0 atom stereocenters. The molecule has 3 aliphatic rings. The second kappa shape index (κ2) is 12.6. The summed E-state index contributed by atoms with van der Waals surface area (Å²) in [4.78, 5) is 30.8. The Labute approximate surface area is 207 Å². The summed E-state index contributed by atoms with van der Waals surface area (Å²) in [6.45, 7) is 8.79. The largest absolute Gasteiger partial charge is 0.496 e. The lowest BCUT2D eigenvalue weighted by Gasteiger charge is -2.40. The van der Waals surface area contributed by atoms with E-state index >= 15 is 0 Å². The molecule has 4 rings (SSSR count). The van der Waals surface area contributed by atoms with Crippen molar-refractivity contribution in [1.29, 1.82) is 0 Å². The van der Waals surface area contributed by atoms with E-state index in [9.17, 15) is 9.59 Å². The predicted octanol–water partition coefficient (Wildman–Crippen LogP) is 3.69. The number of hydrogen-bond acceptors (Lipinski definition) is 6. The van der Waals surface area contributed by atoms with Gasteiger partial charge in [0.1, 0.15) is 10.7 Å². The van der Waals surface area contributed by atoms with Gasteiger partial charge in [-0.15, -0.1) is 11.8 Å². The van der Waals surface area contributed by atoms with E-state index in [1.165, 1.54) is 57.0 Å². The Morgan fingerprint density at radius 3 is 2.47 bits per heavy atom. The number of amides is 2. The highest BCUT2D eigenvalue weighted by Crippen LogP contribution is 2.27. The van der Waals surface area contributed by atoms with Crippen LogP contribution < -0.4 is 10.6 Å². The van der Waals surface area contributed by atoms with Crippen molar-refractivity contribution in [1.82, 2.24) is 15.1 Å². The second-order valence-corrected chi connectivity index (χ2v) is 10.5. The summed E-state index contributed by atoms with van der Waals surface area (Å²) in [5.41, 5.74) is 1.27. The molecule has 2 fully saturated rings. The molecule has 2 N–H and O–H groups in total. The molecule has 1 aliphatic carbocycles. The molecule has 2 aliphatic heterocycles. The van der Waals surface area contributed by atoms with E-state index in [0.717, 1.165) is 37.8 Å². The van der Waals surface area contributed by atoms with Crippen molar-refractivity contribution in [2.24, 2.45) is 0 Å². The van der Waals surface area contributed by atoms with Crippen LogP contribution in [0.4, 0.5) is 5.69 Å². The number of thioether (sulfide) groups is 1. The van der Waals surface area contributed by atoms with Crippen LogP contribution in [0.3, 0.4) is 0 Å². The first-order valence-corrected chi connectivity index (χ1v) is 13.7. The standard InChI is InChI=1S/C26H38N4O3S/c1-20-24(34-19-18-33-20)26(32)28-22-10-8-21(9-11-22)25(31)27-12-5-13-29-14-16-30(17-15-29)23-6-3-2-4-7-23/h8-11,23H,2-7,12-19H2,1H3,(H,27,31)(H,28,32). The fraction of sp³-hybridized carbons (Fsp3) is 0.615. The first-order chi connectivity index (χ1) is 16.6. The van der Waals surface area contributed by atoms with Crippen molar-refractivity contribution in [3.8, 4) is 0 Å². The normalized spacial score (nSPS) is 20.6. The lowest BCUT2D eigenvalue weighted by atomic mass is 9.94. The topological polar surface area (TPSA) is 73.9 Å². The Morgan fingerprint density at radius 1 is 1.03 bits per heavy atom. The van der Waals surface area contributed by atoms with Crippen LogP contribution in [-0.2, 0) is 9.53 Å². The SMILES string of the molecule is CC1=C(C(=O)Nc2ccc(C(=O)NCCCN3CCN(C4CCCCC4)CC3)cc2)SCCO1. The minimum absolute atomic E-state index is 0.0743. The molecule has 34 heavy (non-hydrogen) atoms. The molecule has 1 aromatic rings. The Hall–Kier alpha value is -2.03. The van der Waals surface area contributed by atoms with Crippen molar-refractivity contribution in [2.75, 3.05) is 56.9 Å². The zero-order valence-corrected chi connectivity index (χ0v) is 21.1. The number of hydrogen-bond donors (Lipinski definition) is 2. The number of rotatable bonds is 8. The number of nitrogens with zero attached hydrogens (tertiary/aromatic N) is 2. The van der Waals surface area contributed by atoms with Crippen molar-refractivity contribution in [3.05, 3.63) is 40.5 Å². The number of benzene rings is 1. The number of nitrogens with one attached hydrogen (secondary N) is 2. The van der Waals surface area contributed by atoms with E-state index in [1.54, 1.807) is 24.3 Å². The van der Waals surface area contributed by atoms with E-state index in [1.807, 2.05) is 6.92 Å². The minimum atomic E-state index is -0.168. The van der Waals surface area contributed by atoms with E-state index < -0.39 is 0 Å². The molecule has 0 bridgehead atoms. The highest BCUT2D eigenvalue weighted by atomic mass is 32.2. The van der Waals surface area contributed by atoms with Gasteiger partial charge in [0.25, 0.3) is 11.8 Å². The van der Waals surface area contributed by atoms with E-state index in [4.69, 9.17) is 4.74 Å². The van der Waals surface area contributed by atoms with Gasteiger partial charge in [0.15, 0.2) is 0 Å². The summed E-state index contributed by atoms with van der Waals surface area (Å²) in [5.74, 6) is 1.19. The third-order valence-electron chi connectivity index (χ3n) is 7.01. The van der Waals surface area contributed by atoms with Gasteiger partial charge in [0.05, 0.1) is 6.61 Å². The summed E-state index contributed by atoms with van der Waals surface area (Å²) in [5, 5.41) is 5.91. The van der Waals surface area contributed by atoms with Gasteiger partial charge in [0.2, 0.25) is 0 Å². The van der Waals surface area contributed by atoms with Gasteiger partial charge in [0, 0.05) is 55.8 Å². The summed E-state index contributed by atoms with van der Waals surface area (Å²) in [7, 11) is 0. The molecular formula is C26H38N4O3S. The molecule has 1 aromatic carbocycles. The zero-order chi connectivity index (χ0) is 23.8. The van der Waals surface area contributed by atoms with Crippen molar-refractivity contribution in [2.45, 2.75) is 51.5 Å². The maximum Gasteiger partial charge on any atom is 0.265 e. The summed E-state index contributed by atoms with van der Waals surface area (Å²) < 4.78 is 5.45. The number of carbonyl (C=O) groups is 2. The average Bonchev–Trinajstić information content (AvgIpc) is 2.88. The quantitative estimate of drug-likeness (QED) is 0.546. The maximum absolute atomic E-state index is 12.5. The maximum atomic E-state index is 12.5. The Kier molecular flexibility index (Phi) is 9.30. The molecule has 0 unspecified atom stereocenters. The van der Waals surface area contributed by atoms with Crippen LogP contribution >= 0.6 is 11.8 Å². The first kappa shape index (κ1) is 25.1. The van der Waals surface area contributed by atoms with Gasteiger partial charge >= 0.3 is 0 Å². The Bertz CT molecular complexity index is 859. The molecule has 0 spiro atoms. The number of carbonyl (C=O) groups excluding carboxylic acids is 2. The molecule has 8 heteroatoms. The highest BCUT2D eigenvalue weighted by molar-refractivity contribution is 8.04. The highest BCUT2D eigenvalue weighted by Gasteiger charge is 2.25. The van der Waals surface area contributed by atoms with Gasteiger partial charge in [-0.2, -0.15) is 0 Å². The van der Waals surface area contributed by atoms with E-state index in [0.29, 0.717) is 35.1 Å². The molecule has 2 heterocycles. The van der Waals surface area contributed by atoms with Gasteiger partial charge < -0.3 is 20.3 Å². The van der Waals surface area contributed by atoms with Crippen LogP contribution in [0.5, 0.6) is 0 Å². The predicted molar refractivity (Wildman–Crippen MR) is 138 cm³/mol. The Morgan fingerprint density at radius 2 is 1.76 bits per heavy atom. The zero-order valence-electron chi connectivity index (χ0n) is 20.3. The van der Waals surface area contributed by atoms with Crippen LogP contribution in [0, 0.1) is 0 Å². The number of anilines is 1. The molecule has 1 saturated carbocycles. The number of ether oxygens (including phenoxy) is 1. The molecule has 0 radical (unpaired) electrons. The van der Waals surface area contributed by atoms with Crippen molar-refractivity contribution < 1.29 is 14.3 Å². The fourth-order valence-corrected chi connectivity index (χ4v) is 5.84. The van der Waals surface area contributed by atoms with Gasteiger partial charge in [-0.05, 0) is 57.0 Å². The van der Waals surface area contributed by atoms with Gasteiger partial charge in [-0.25, -0.2) is 0 Å². The van der Waals surface area contributed by atoms with Crippen LogP contribution in [0.25, 0.3) is 0 Å². The van der Waals surface area contributed by atoms with E-state index in [-0.39, 0.29) is 11.8 Å². The van der Waals surface area contributed by atoms with Gasteiger partial charge in [-0.1, -0.05) is 19.3 Å². The minimum Gasteiger partial charge on any atom is -0.496 e. The summed E-state index contributed by atoms with van der Waals surface area (Å²) in [6.07, 6.45) is 7.92. The smallest absolute Gasteiger partial charge is 0.265 e. The second-order valence-electron chi connectivity index (χ2n) is 9.39. The molecule has 186 valence electrons. The van der Waals surface area contributed by atoms with Crippen LogP contribution in [0.1, 0.15) is 55.8 Å². The van der Waals surface area contributed by atoms with Crippen LogP contribution in [0.2, 0.25) is 0 Å². The Balaban J connectivity index is 1.13. The van der Waals surface area contributed by atoms with Crippen molar-refractivity contribution >= 4 is 29.3 Å². The first-order valence-electron chi connectivity index (χ1n) is 12.7. The summed E-state index contributed by atoms with van der Waals surface area (Å²) in [6, 6.07) is 7.85. The third-order valence-corrected chi connectivity index (χ3v) is 8.15. The molecule has 0 aromatic heterocycles. The lowest BCUT2D eigenvalue weighted by molar-refractivity contribution is -0.112. The molecule has 2 amide bonds. The van der Waals surface area contributed by atoms with E-state index in [2.05, 4.69) is 20.4 Å². The third kappa shape index (κ3) is 6.99. The monoisotopic (exact) mass is 486 g/mol. The molecule has 7 nitrogen and oxygen atoms in total. The lowest BCUT2D eigenvalue weighted by Crippen LogP contribution is -2.51. The average molecular weight is 487 g/mol. The van der Waals surface area contributed by atoms with Crippen molar-refractivity contribution in [3.63, 3.8) is 0 Å². The number of piperazine rings is 1. The fourth-order valence-electron chi connectivity index (χ4n) is 5.03. The molecular weight excluding hydrogens is 448 g/mol. The summed E-state index contributed by atoms with van der Waals surface area (Å²) >= 11 is 1.51. The number of allylic oxidation sites excluding steroid dienone is 1.